The third-order valence-corrected chi connectivity index (χ3v) is 4.33. The third kappa shape index (κ3) is 3.43. The van der Waals surface area contributed by atoms with Gasteiger partial charge in [-0.25, -0.2) is 0 Å². The maximum atomic E-state index is 10.8. The zero-order valence-electron chi connectivity index (χ0n) is 11.6. The summed E-state index contributed by atoms with van der Waals surface area (Å²) >= 11 is 1.75. The van der Waals surface area contributed by atoms with Gasteiger partial charge in [0, 0.05) is 29.6 Å². The van der Waals surface area contributed by atoms with Crippen molar-refractivity contribution in [1.82, 2.24) is 5.32 Å². The molecule has 0 radical (unpaired) electrons. The van der Waals surface area contributed by atoms with E-state index in [2.05, 4.69) is 23.7 Å². The summed E-state index contributed by atoms with van der Waals surface area (Å²) in [6.07, 6.45) is 1.03. The highest BCUT2D eigenvalue weighted by Gasteiger charge is 2.11. The zero-order chi connectivity index (χ0) is 14.5. The van der Waals surface area contributed by atoms with Gasteiger partial charge >= 0.3 is 0 Å². The van der Waals surface area contributed by atoms with Gasteiger partial charge in [0.25, 0.3) is 5.69 Å². The molecule has 1 unspecified atom stereocenters. The highest BCUT2D eigenvalue weighted by molar-refractivity contribution is 7.10. The van der Waals surface area contributed by atoms with Crippen LogP contribution in [0.4, 0.5) is 5.69 Å². The highest BCUT2D eigenvalue weighted by Crippen LogP contribution is 2.21. The van der Waals surface area contributed by atoms with Gasteiger partial charge in [0.1, 0.15) is 0 Å². The molecule has 1 atom stereocenters. The van der Waals surface area contributed by atoms with Crippen LogP contribution in [0, 0.1) is 10.1 Å². The normalized spacial score (nSPS) is 12.3. The van der Waals surface area contributed by atoms with Crippen LogP contribution in [0.25, 0.3) is 0 Å². The van der Waals surface area contributed by atoms with E-state index in [-0.39, 0.29) is 16.7 Å². The van der Waals surface area contributed by atoms with Gasteiger partial charge in [0.2, 0.25) is 0 Å². The van der Waals surface area contributed by atoms with Gasteiger partial charge in [0.15, 0.2) is 0 Å². The maximum Gasteiger partial charge on any atom is 0.269 e. The second-order valence-electron chi connectivity index (χ2n) is 4.68. The molecule has 2 aromatic rings. The highest BCUT2D eigenvalue weighted by atomic mass is 32.1. The molecule has 0 saturated carbocycles. The number of rotatable bonds is 6. The molecule has 0 spiro atoms. The maximum absolute atomic E-state index is 10.8. The van der Waals surface area contributed by atoms with Crippen LogP contribution in [-0.2, 0) is 13.0 Å². The van der Waals surface area contributed by atoms with E-state index in [4.69, 9.17) is 0 Å². The average Bonchev–Trinajstić information content (AvgIpc) is 2.92. The Morgan fingerprint density at radius 3 is 2.90 bits per heavy atom. The average molecular weight is 290 g/mol. The Bertz CT molecular complexity index is 595. The van der Waals surface area contributed by atoms with E-state index in [9.17, 15) is 10.1 Å². The first-order valence-electron chi connectivity index (χ1n) is 6.64. The number of nitro groups is 1. The summed E-state index contributed by atoms with van der Waals surface area (Å²) in [4.78, 5) is 11.8. The number of thiophene rings is 1. The minimum Gasteiger partial charge on any atom is -0.305 e. The standard InChI is InChI=1S/C15H18N2O2S/c1-3-12-7-8-20-15(12)10-16-11(2)13-5-4-6-14(9-13)17(18)19/h4-9,11,16H,3,10H2,1-2H3. The summed E-state index contributed by atoms with van der Waals surface area (Å²) in [7, 11) is 0. The van der Waals surface area contributed by atoms with Gasteiger partial charge < -0.3 is 5.32 Å². The van der Waals surface area contributed by atoms with E-state index in [0.717, 1.165) is 18.5 Å². The summed E-state index contributed by atoms with van der Waals surface area (Å²) in [6.45, 7) is 4.97. The number of non-ortho nitro benzene ring substituents is 1. The summed E-state index contributed by atoms with van der Waals surface area (Å²) < 4.78 is 0. The van der Waals surface area contributed by atoms with Crippen LogP contribution >= 0.6 is 11.3 Å². The molecule has 1 N–H and O–H groups in total. The zero-order valence-corrected chi connectivity index (χ0v) is 12.4. The Morgan fingerprint density at radius 2 is 2.20 bits per heavy atom. The second-order valence-corrected chi connectivity index (χ2v) is 5.68. The lowest BCUT2D eigenvalue weighted by molar-refractivity contribution is -0.384. The van der Waals surface area contributed by atoms with E-state index in [1.54, 1.807) is 23.5 Å². The molecule has 0 amide bonds. The molecule has 5 heteroatoms. The first-order valence-corrected chi connectivity index (χ1v) is 7.52. The summed E-state index contributed by atoms with van der Waals surface area (Å²) in [5.74, 6) is 0. The molecule has 0 aliphatic heterocycles. The van der Waals surface area contributed by atoms with Gasteiger partial charge in [-0.3, -0.25) is 10.1 Å². The lowest BCUT2D eigenvalue weighted by Gasteiger charge is -2.14. The summed E-state index contributed by atoms with van der Waals surface area (Å²) in [6, 6.07) is 9.03. The van der Waals surface area contributed by atoms with Crippen molar-refractivity contribution in [2.45, 2.75) is 32.9 Å². The van der Waals surface area contributed by atoms with E-state index in [0.29, 0.717) is 0 Å². The molecule has 106 valence electrons. The number of hydrogen-bond acceptors (Lipinski definition) is 4. The third-order valence-electron chi connectivity index (χ3n) is 3.37. The van der Waals surface area contributed by atoms with Crippen molar-refractivity contribution in [3.05, 3.63) is 61.8 Å². The Labute approximate surface area is 122 Å². The number of nitrogens with one attached hydrogen (secondary N) is 1. The Hall–Kier alpha value is -1.72. The van der Waals surface area contributed by atoms with Crippen molar-refractivity contribution in [2.75, 3.05) is 0 Å². The van der Waals surface area contributed by atoms with Crippen molar-refractivity contribution < 1.29 is 4.92 Å². The monoisotopic (exact) mass is 290 g/mol. The summed E-state index contributed by atoms with van der Waals surface area (Å²) in [5, 5.41) is 16.3. The molecule has 1 heterocycles. The van der Waals surface area contributed by atoms with E-state index < -0.39 is 0 Å². The van der Waals surface area contributed by atoms with Gasteiger partial charge in [-0.1, -0.05) is 19.1 Å². The molecule has 4 nitrogen and oxygen atoms in total. The largest absolute Gasteiger partial charge is 0.305 e. The van der Waals surface area contributed by atoms with Crippen LogP contribution in [0.5, 0.6) is 0 Å². The fourth-order valence-corrected chi connectivity index (χ4v) is 3.04. The molecule has 20 heavy (non-hydrogen) atoms. The first kappa shape index (κ1) is 14.7. The van der Waals surface area contributed by atoms with Gasteiger partial charge in [0.05, 0.1) is 4.92 Å². The second kappa shape index (κ2) is 6.63. The molecule has 0 aliphatic rings. The molecule has 1 aromatic carbocycles. The smallest absolute Gasteiger partial charge is 0.269 e. The van der Waals surface area contributed by atoms with Crippen LogP contribution in [0.2, 0.25) is 0 Å². The molecular formula is C15H18N2O2S. The number of nitro benzene ring substituents is 1. The van der Waals surface area contributed by atoms with Crippen molar-refractivity contribution in [1.29, 1.82) is 0 Å². The van der Waals surface area contributed by atoms with E-state index in [1.165, 1.54) is 16.5 Å². The van der Waals surface area contributed by atoms with Crippen molar-refractivity contribution in [3.8, 4) is 0 Å². The van der Waals surface area contributed by atoms with Crippen LogP contribution in [-0.4, -0.2) is 4.92 Å². The van der Waals surface area contributed by atoms with Crippen LogP contribution in [0.3, 0.4) is 0 Å². The quantitative estimate of drug-likeness (QED) is 0.644. The van der Waals surface area contributed by atoms with E-state index >= 15 is 0 Å². The van der Waals surface area contributed by atoms with E-state index in [1.807, 2.05) is 13.0 Å². The minimum absolute atomic E-state index is 0.0849. The Morgan fingerprint density at radius 1 is 1.40 bits per heavy atom. The fourth-order valence-electron chi connectivity index (χ4n) is 2.11. The van der Waals surface area contributed by atoms with Crippen LogP contribution in [0.1, 0.15) is 35.9 Å². The molecule has 0 saturated heterocycles. The Kier molecular flexibility index (Phi) is 4.87. The first-order chi connectivity index (χ1) is 9.61. The number of hydrogen-bond donors (Lipinski definition) is 1. The summed E-state index contributed by atoms with van der Waals surface area (Å²) in [5.41, 5.74) is 2.45. The molecule has 2 rings (SSSR count). The topological polar surface area (TPSA) is 55.2 Å². The lowest BCUT2D eigenvalue weighted by atomic mass is 10.1. The van der Waals surface area contributed by atoms with Crippen molar-refractivity contribution >= 4 is 17.0 Å². The van der Waals surface area contributed by atoms with Crippen molar-refractivity contribution in [3.63, 3.8) is 0 Å². The van der Waals surface area contributed by atoms with Crippen LogP contribution in [0.15, 0.2) is 35.7 Å². The number of aryl methyl sites for hydroxylation is 1. The van der Waals surface area contributed by atoms with Gasteiger partial charge in [-0.15, -0.1) is 11.3 Å². The molecular weight excluding hydrogens is 272 g/mol. The minimum atomic E-state index is -0.356. The molecule has 0 fully saturated rings. The Balaban J connectivity index is 2.03. The predicted molar refractivity (Wildman–Crippen MR) is 82.0 cm³/mol. The predicted octanol–water partition coefficient (Wildman–Crippen LogP) is 4.07. The number of benzene rings is 1. The van der Waals surface area contributed by atoms with Crippen molar-refractivity contribution in [2.24, 2.45) is 0 Å². The number of nitrogens with zero attached hydrogens (tertiary/aromatic N) is 1. The van der Waals surface area contributed by atoms with Gasteiger partial charge in [-0.05, 0) is 35.9 Å². The SMILES string of the molecule is CCc1ccsc1CNC(C)c1cccc([N+](=O)[O-])c1. The molecule has 0 aliphatic carbocycles. The van der Waals surface area contributed by atoms with Gasteiger partial charge in [-0.2, -0.15) is 0 Å². The lowest BCUT2D eigenvalue weighted by Crippen LogP contribution is -2.18. The van der Waals surface area contributed by atoms with Crippen LogP contribution < -0.4 is 5.32 Å². The molecule has 0 bridgehead atoms. The molecule has 1 aromatic heterocycles. The fraction of sp³-hybridized carbons (Fsp3) is 0.333.